The van der Waals surface area contributed by atoms with Crippen LogP contribution in [-0.2, 0) is 33.6 Å². The predicted molar refractivity (Wildman–Crippen MR) is 273 cm³/mol. The molecule has 71 heavy (non-hydrogen) atoms. The molecule has 18 heteroatoms. The van der Waals surface area contributed by atoms with Gasteiger partial charge in [0.25, 0.3) is 8.53 Å². The molecular weight excluding hydrogens is 926 g/mol. The number of hydrogen-bond acceptors (Lipinski definition) is 14. The summed E-state index contributed by atoms with van der Waals surface area (Å²) in [6.07, 6.45) is -1.38. The molecule has 5 atom stereocenters. The van der Waals surface area contributed by atoms with Gasteiger partial charge in [0, 0.05) is 45.7 Å². The second-order valence-corrected chi connectivity index (χ2v) is 20.1. The van der Waals surface area contributed by atoms with Gasteiger partial charge in [0.2, 0.25) is 0 Å². The number of aromatic nitrogens is 3. The van der Waals surface area contributed by atoms with Gasteiger partial charge in [-0.3, -0.25) is 9.13 Å². The first kappa shape index (κ1) is 54.4. The summed E-state index contributed by atoms with van der Waals surface area (Å²) in [5, 5.41) is 9.58. The molecule has 0 spiro atoms. The Balaban J connectivity index is 1.56. The van der Waals surface area contributed by atoms with E-state index in [4.69, 9.17) is 42.5 Å². The number of nitrogens with zero attached hydrogens (tertiary/aromatic N) is 7. The monoisotopic (exact) mass is 993 g/mol. The number of ether oxygens (including phenoxy) is 6. The van der Waals surface area contributed by atoms with Gasteiger partial charge in [-0.25, -0.2) is 19.3 Å². The summed E-state index contributed by atoms with van der Waals surface area (Å²) in [6.45, 7) is 15.3. The van der Waals surface area contributed by atoms with Gasteiger partial charge < -0.3 is 42.4 Å². The zero-order valence-corrected chi connectivity index (χ0v) is 44.0. The van der Waals surface area contributed by atoms with E-state index >= 15 is 0 Å². The van der Waals surface area contributed by atoms with Crippen molar-refractivity contribution in [2.24, 2.45) is 4.99 Å². The van der Waals surface area contributed by atoms with Crippen molar-refractivity contribution in [3.05, 3.63) is 131 Å². The molecule has 1 aliphatic rings. The third-order valence-corrected chi connectivity index (χ3v) is 13.9. The average molecular weight is 994 g/mol. The number of rotatable bonds is 20. The topological polar surface area (TPSA) is 173 Å². The van der Waals surface area contributed by atoms with E-state index in [0.717, 1.165) is 16.7 Å². The lowest BCUT2D eigenvalue weighted by atomic mass is 9.80. The van der Waals surface area contributed by atoms with E-state index in [0.29, 0.717) is 28.6 Å². The molecule has 0 amide bonds. The Hall–Kier alpha value is -5.96. The normalized spacial score (nSPS) is 17.9. The Kier molecular flexibility index (Phi) is 18.4. The minimum absolute atomic E-state index is 0.0396. The first-order valence-electron chi connectivity index (χ1n) is 23.6. The first-order chi connectivity index (χ1) is 33.9. The standard InChI is InChI=1S/C53H68N7O10P/c1-35(2)60(36(3)4)71(67-32-18-30-54)70-46-45(34-66-53(38-19-15-14-16-20-38,39-22-26-41(63-11)27-23-39)40-24-28-42(64-12)29-25-40)68-49(47(46)65-13)59-33-43(48(56-50(59)61)55-37(5)57(9)10)44-21-17-31-58(44)51(62)69-52(6,7)8/h14-17,19-29,31,33,35-36,45-47,49H,18,32,34H2,1-13H3/t45-,46-,47-,49-,71?/m1/s1. The molecule has 0 N–H and O–H groups in total. The number of amidine groups is 1. The number of nitriles is 1. The van der Waals surface area contributed by atoms with Crippen LogP contribution in [0.1, 0.15) is 84.7 Å². The zero-order chi connectivity index (χ0) is 51.6. The van der Waals surface area contributed by atoms with E-state index in [1.165, 1.54) is 16.2 Å². The van der Waals surface area contributed by atoms with Gasteiger partial charge in [0.05, 0.1) is 51.2 Å². The van der Waals surface area contributed by atoms with E-state index in [2.05, 4.69) is 43.4 Å². The van der Waals surface area contributed by atoms with Gasteiger partial charge in [-0.2, -0.15) is 10.2 Å². The second kappa shape index (κ2) is 24.0. The highest BCUT2D eigenvalue weighted by molar-refractivity contribution is 7.44. The lowest BCUT2D eigenvalue weighted by molar-refractivity contribution is -0.0957. The average Bonchev–Trinajstić information content (AvgIpc) is 3.97. The molecule has 17 nitrogen and oxygen atoms in total. The van der Waals surface area contributed by atoms with Gasteiger partial charge >= 0.3 is 11.8 Å². The molecule has 1 aliphatic heterocycles. The maximum atomic E-state index is 14.6. The quantitative estimate of drug-likeness (QED) is 0.0237. The second-order valence-electron chi connectivity index (χ2n) is 18.7. The Bertz CT molecular complexity index is 2600. The Morgan fingerprint density at radius 1 is 0.873 bits per heavy atom. The lowest BCUT2D eigenvalue weighted by Crippen LogP contribution is -2.43. The van der Waals surface area contributed by atoms with Crippen LogP contribution in [-0.4, -0.2) is 120 Å². The summed E-state index contributed by atoms with van der Waals surface area (Å²) in [4.78, 5) is 39.4. The van der Waals surface area contributed by atoms with Gasteiger partial charge in [0.1, 0.15) is 46.8 Å². The van der Waals surface area contributed by atoms with Crippen molar-refractivity contribution in [2.75, 3.05) is 48.6 Å². The summed E-state index contributed by atoms with van der Waals surface area (Å²) in [5.74, 6) is 1.97. The van der Waals surface area contributed by atoms with Crippen molar-refractivity contribution in [2.45, 2.75) is 110 Å². The number of aliphatic imine (C=N–C) groups is 1. The highest BCUT2D eigenvalue weighted by atomic mass is 31.2. The van der Waals surface area contributed by atoms with Crippen LogP contribution in [0, 0.1) is 11.3 Å². The molecule has 3 heterocycles. The van der Waals surface area contributed by atoms with Crippen LogP contribution in [0.15, 0.2) is 113 Å². The van der Waals surface area contributed by atoms with Crippen LogP contribution in [0.2, 0.25) is 0 Å². The van der Waals surface area contributed by atoms with Crippen LogP contribution >= 0.6 is 8.53 Å². The van der Waals surface area contributed by atoms with Crippen LogP contribution < -0.4 is 15.2 Å². The van der Waals surface area contributed by atoms with Crippen LogP contribution in [0.3, 0.4) is 0 Å². The molecule has 3 aromatic carbocycles. The molecule has 1 saturated heterocycles. The van der Waals surface area contributed by atoms with Gasteiger partial charge in [-0.1, -0.05) is 54.6 Å². The fraction of sp³-hybridized carbons (Fsp3) is 0.453. The minimum Gasteiger partial charge on any atom is -0.497 e. The van der Waals surface area contributed by atoms with Gasteiger partial charge in [-0.15, -0.1) is 0 Å². The SMILES string of the molecule is COc1ccc(C(OC[C@H]2O[C@@H](n3cc(-c4cccn4C(=O)OC(C)(C)C)c(N=C(C)N(C)C)nc3=O)[C@H](OC)[C@@H]2OP(OCCC#N)N(C(C)C)C(C)C)(c2ccccc2)c2ccc(OC)cc2)cc1. The summed E-state index contributed by atoms with van der Waals surface area (Å²) in [5.41, 5.74) is 0.359. The molecular formula is C53H68N7O10P. The van der Waals surface area contributed by atoms with Crippen molar-refractivity contribution < 1.29 is 42.3 Å². The number of carbonyl (C=O) groups is 1. The fourth-order valence-electron chi connectivity index (χ4n) is 8.36. The summed E-state index contributed by atoms with van der Waals surface area (Å²) in [7, 11) is 6.53. The summed E-state index contributed by atoms with van der Waals surface area (Å²) < 4.78 is 56.3. The predicted octanol–water partition coefficient (Wildman–Crippen LogP) is 9.71. The van der Waals surface area contributed by atoms with Crippen molar-refractivity contribution in [3.8, 4) is 28.8 Å². The van der Waals surface area contributed by atoms with E-state index in [1.54, 1.807) is 71.3 Å². The highest BCUT2D eigenvalue weighted by Crippen LogP contribution is 2.51. The zero-order valence-electron chi connectivity index (χ0n) is 43.1. The number of methoxy groups -OCH3 is 3. The number of hydrogen-bond donors (Lipinski definition) is 0. The molecule has 1 unspecified atom stereocenters. The van der Waals surface area contributed by atoms with Crippen molar-refractivity contribution in [1.29, 1.82) is 5.26 Å². The Morgan fingerprint density at radius 3 is 1.99 bits per heavy atom. The largest absolute Gasteiger partial charge is 0.497 e. The third-order valence-electron chi connectivity index (χ3n) is 11.8. The lowest BCUT2D eigenvalue weighted by Gasteiger charge is -2.39. The van der Waals surface area contributed by atoms with Crippen LogP contribution in [0.4, 0.5) is 10.6 Å². The van der Waals surface area contributed by atoms with Gasteiger partial charge in [-0.05, 0) is 108 Å². The maximum absolute atomic E-state index is 14.6. The van der Waals surface area contributed by atoms with E-state index < -0.39 is 56.1 Å². The summed E-state index contributed by atoms with van der Waals surface area (Å²) >= 11 is 0. The molecule has 2 aromatic heterocycles. The number of carbonyl (C=O) groups excluding carboxylic acids is 1. The van der Waals surface area contributed by atoms with E-state index in [-0.39, 0.29) is 37.5 Å². The maximum Gasteiger partial charge on any atom is 0.418 e. The fourth-order valence-corrected chi connectivity index (χ4v) is 10.1. The molecule has 1 fully saturated rings. The van der Waals surface area contributed by atoms with Gasteiger partial charge in [0.15, 0.2) is 12.0 Å². The van der Waals surface area contributed by atoms with Crippen molar-refractivity contribution in [3.63, 3.8) is 0 Å². The molecule has 5 aromatic rings. The van der Waals surface area contributed by atoms with E-state index in [9.17, 15) is 14.9 Å². The van der Waals surface area contributed by atoms with Crippen LogP contribution in [0.25, 0.3) is 11.3 Å². The molecule has 0 aliphatic carbocycles. The molecule has 0 saturated carbocycles. The number of benzene rings is 3. The van der Waals surface area contributed by atoms with E-state index in [1.807, 2.05) is 93.0 Å². The smallest absolute Gasteiger partial charge is 0.418 e. The molecule has 6 rings (SSSR count). The molecule has 0 bridgehead atoms. The first-order valence-corrected chi connectivity index (χ1v) is 24.7. The highest BCUT2D eigenvalue weighted by Gasteiger charge is 2.51. The van der Waals surface area contributed by atoms with Crippen molar-refractivity contribution in [1.82, 2.24) is 23.7 Å². The Morgan fingerprint density at radius 2 is 1.46 bits per heavy atom. The van der Waals surface area contributed by atoms with Crippen LogP contribution in [0.5, 0.6) is 11.5 Å². The Labute approximate surface area is 418 Å². The minimum atomic E-state index is -1.88. The molecule has 380 valence electrons. The summed E-state index contributed by atoms with van der Waals surface area (Å²) in [6, 6.07) is 30.8. The third kappa shape index (κ3) is 12.6. The van der Waals surface area contributed by atoms with Crippen molar-refractivity contribution >= 4 is 26.3 Å². The molecule has 0 radical (unpaired) electrons.